The lowest BCUT2D eigenvalue weighted by molar-refractivity contribution is 0.306. The number of hydrogen-bond acceptors (Lipinski definition) is 3. The monoisotopic (exact) mass is 242 g/mol. The SMILES string of the molecule is CCc1ccc(COc2cccc(NN)c2)cc1. The van der Waals surface area contributed by atoms with Crippen molar-refractivity contribution in [2.45, 2.75) is 20.0 Å². The molecule has 0 aromatic heterocycles. The molecule has 0 aliphatic heterocycles. The molecule has 0 radical (unpaired) electrons. The summed E-state index contributed by atoms with van der Waals surface area (Å²) >= 11 is 0. The van der Waals surface area contributed by atoms with Crippen molar-refractivity contribution in [2.24, 2.45) is 5.84 Å². The van der Waals surface area contributed by atoms with E-state index in [2.05, 4.69) is 36.6 Å². The molecular weight excluding hydrogens is 224 g/mol. The molecule has 0 amide bonds. The lowest BCUT2D eigenvalue weighted by atomic mass is 10.1. The topological polar surface area (TPSA) is 47.3 Å². The van der Waals surface area contributed by atoms with E-state index in [1.165, 1.54) is 11.1 Å². The van der Waals surface area contributed by atoms with Crippen molar-refractivity contribution in [3.63, 3.8) is 0 Å². The summed E-state index contributed by atoms with van der Waals surface area (Å²) in [6, 6.07) is 16.1. The van der Waals surface area contributed by atoms with E-state index in [0.717, 1.165) is 17.9 Å². The Hall–Kier alpha value is -2.00. The van der Waals surface area contributed by atoms with Crippen LogP contribution in [0.4, 0.5) is 5.69 Å². The Labute approximate surface area is 108 Å². The highest BCUT2D eigenvalue weighted by Crippen LogP contribution is 2.17. The van der Waals surface area contributed by atoms with Crippen LogP contribution >= 0.6 is 0 Å². The van der Waals surface area contributed by atoms with Gasteiger partial charge in [0.05, 0.1) is 5.69 Å². The van der Waals surface area contributed by atoms with Gasteiger partial charge >= 0.3 is 0 Å². The third-order valence-corrected chi connectivity index (χ3v) is 2.84. The van der Waals surface area contributed by atoms with E-state index in [1.807, 2.05) is 24.3 Å². The van der Waals surface area contributed by atoms with Crippen molar-refractivity contribution in [2.75, 3.05) is 5.43 Å². The van der Waals surface area contributed by atoms with E-state index in [-0.39, 0.29) is 0 Å². The lowest BCUT2D eigenvalue weighted by Crippen LogP contribution is -2.06. The molecule has 0 aliphatic carbocycles. The van der Waals surface area contributed by atoms with Gasteiger partial charge in [0.15, 0.2) is 0 Å². The van der Waals surface area contributed by atoms with E-state index in [1.54, 1.807) is 0 Å². The van der Waals surface area contributed by atoms with Gasteiger partial charge in [-0.05, 0) is 29.7 Å². The summed E-state index contributed by atoms with van der Waals surface area (Å²) < 4.78 is 5.71. The molecule has 0 bridgehead atoms. The molecule has 3 N–H and O–H groups in total. The van der Waals surface area contributed by atoms with Crippen LogP contribution in [0.2, 0.25) is 0 Å². The Morgan fingerprint density at radius 2 is 1.78 bits per heavy atom. The second-order valence-corrected chi connectivity index (χ2v) is 4.13. The molecule has 2 aromatic carbocycles. The maximum absolute atomic E-state index is 5.71. The Kier molecular flexibility index (Phi) is 4.20. The molecule has 0 fully saturated rings. The molecule has 0 spiro atoms. The zero-order valence-corrected chi connectivity index (χ0v) is 10.5. The predicted octanol–water partition coefficient (Wildman–Crippen LogP) is 3.11. The number of anilines is 1. The molecule has 0 unspecified atom stereocenters. The van der Waals surface area contributed by atoms with E-state index < -0.39 is 0 Å². The normalized spacial score (nSPS) is 10.1. The second kappa shape index (κ2) is 6.07. The first-order chi connectivity index (χ1) is 8.81. The highest BCUT2D eigenvalue weighted by molar-refractivity contribution is 5.47. The molecule has 0 heterocycles. The molecule has 3 nitrogen and oxygen atoms in total. The standard InChI is InChI=1S/C15H18N2O/c1-2-12-6-8-13(9-7-12)11-18-15-5-3-4-14(10-15)17-16/h3-10,17H,2,11,16H2,1H3. The van der Waals surface area contributed by atoms with Gasteiger partial charge in [0.1, 0.15) is 12.4 Å². The summed E-state index contributed by atoms with van der Waals surface area (Å²) in [6.07, 6.45) is 1.06. The van der Waals surface area contributed by atoms with Gasteiger partial charge in [-0.1, -0.05) is 37.3 Å². The molecule has 0 aliphatic rings. The number of nitrogen functional groups attached to an aromatic ring is 1. The molecule has 0 saturated heterocycles. The van der Waals surface area contributed by atoms with E-state index >= 15 is 0 Å². The number of ether oxygens (including phenoxy) is 1. The second-order valence-electron chi connectivity index (χ2n) is 4.13. The predicted molar refractivity (Wildman–Crippen MR) is 74.4 cm³/mol. The smallest absolute Gasteiger partial charge is 0.121 e. The lowest BCUT2D eigenvalue weighted by Gasteiger charge is -2.08. The van der Waals surface area contributed by atoms with Crippen molar-refractivity contribution in [1.82, 2.24) is 0 Å². The minimum Gasteiger partial charge on any atom is -0.489 e. The van der Waals surface area contributed by atoms with Gasteiger partial charge in [0.25, 0.3) is 0 Å². The first kappa shape index (κ1) is 12.5. The molecule has 94 valence electrons. The number of hydrogen-bond donors (Lipinski definition) is 2. The maximum atomic E-state index is 5.71. The number of nitrogens with one attached hydrogen (secondary N) is 1. The fourth-order valence-corrected chi connectivity index (χ4v) is 1.71. The maximum Gasteiger partial charge on any atom is 0.121 e. The zero-order chi connectivity index (χ0) is 12.8. The van der Waals surface area contributed by atoms with Crippen LogP contribution in [-0.2, 0) is 13.0 Å². The summed E-state index contributed by atoms with van der Waals surface area (Å²) in [6.45, 7) is 2.72. The minimum absolute atomic E-state index is 0.567. The molecule has 0 atom stereocenters. The van der Waals surface area contributed by atoms with Crippen LogP contribution in [0.25, 0.3) is 0 Å². The number of hydrazine groups is 1. The van der Waals surface area contributed by atoms with Crippen LogP contribution in [0.5, 0.6) is 5.75 Å². The van der Waals surface area contributed by atoms with Gasteiger partial charge in [0.2, 0.25) is 0 Å². The van der Waals surface area contributed by atoms with Crippen molar-refractivity contribution >= 4 is 5.69 Å². The summed E-state index contributed by atoms with van der Waals surface area (Å²) in [5, 5.41) is 0. The van der Waals surface area contributed by atoms with Crippen LogP contribution < -0.4 is 16.0 Å². The summed E-state index contributed by atoms with van der Waals surface area (Å²) in [5.41, 5.74) is 5.95. The number of aryl methyl sites for hydroxylation is 1. The van der Waals surface area contributed by atoms with Gasteiger partial charge in [-0.25, -0.2) is 0 Å². The fraction of sp³-hybridized carbons (Fsp3) is 0.200. The van der Waals surface area contributed by atoms with Crippen LogP contribution in [0.15, 0.2) is 48.5 Å². The highest BCUT2D eigenvalue weighted by atomic mass is 16.5. The summed E-state index contributed by atoms with van der Waals surface area (Å²) in [4.78, 5) is 0. The third kappa shape index (κ3) is 3.25. The van der Waals surface area contributed by atoms with Gasteiger partial charge < -0.3 is 10.2 Å². The largest absolute Gasteiger partial charge is 0.489 e. The Morgan fingerprint density at radius 1 is 1.06 bits per heavy atom. The van der Waals surface area contributed by atoms with E-state index in [0.29, 0.717) is 6.61 Å². The van der Waals surface area contributed by atoms with Crippen molar-refractivity contribution in [3.05, 3.63) is 59.7 Å². The first-order valence-electron chi connectivity index (χ1n) is 6.09. The van der Waals surface area contributed by atoms with Gasteiger partial charge in [-0.3, -0.25) is 5.84 Å². The highest BCUT2D eigenvalue weighted by Gasteiger charge is 1.97. The molecule has 3 heteroatoms. The summed E-state index contributed by atoms with van der Waals surface area (Å²) in [5.74, 6) is 6.16. The van der Waals surface area contributed by atoms with Crippen LogP contribution in [-0.4, -0.2) is 0 Å². The molecule has 2 aromatic rings. The zero-order valence-electron chi connectivity index (χ0n) is 10.5. The quantitative estimate of drug-likeness (QED) is 0.625. The number of rotatable bonds is 5. The molecule has 0 saturated carbocycles. The van der Waals surface area contributed by atoms with E-state index in [4.69, 9.17) is 10.6 Å². The van der Waals surface area contributed by atoms with Gasteiger partial charge in [0, 0.05) is 6.07 Å². The Morgan fingerprint density at radius 3 is 2.44 bits per heavy atom. The van der Waals surface area contributed by atoms with Crippen LogP contribution in [0.1, 0.15) is 18.1 Å². The van der Waals surface area contributed by atoms with Crippen molar-refractivity contribution in [1.29, 1.82) is 0 Å². The van der Waals surface area contributed by atoms with Crippen molar-refractivity contribution in [3.8, 4) is 5.75 Å². The third-order valence-electron chi connectivity index (χ3n) is 2.84. The fourth-order valence-electron chi connectivity index (χ4n) is 1.71. The molecule has 2 rings (SSSR count). The Bertz CT molecular complexity index is 494. The van der Waals surface area contributed by atoms with Gasteiger partial charge in [-0.15, -0.1) is 0 Å². The minimum atomic E-state index is 0.567. The van der Waals surface area contributed by atoms with Crippen LogP contribution in [0.3, 0.4) is 0 Å². The number of benzene rings is 2. The van der Waals surface area contributed by atoms with Gasteiger partial charge in [-0.2, -0.15) is 0 Å². The van der Waals surface area contributed by atoms with Crippen molar-refractivity contribution < 1.29 is 4.74 Å². The van der Waals surface area contributed by atoms with Crippen LogP contribution in [0, 0.1) is 0 Å². The Balaban J connectivity index is 1.97. The number of nitrogens with two attached hydrogens (primary N) is 1. The summed E-state index contributed by atoms with van der Waals surface area (Å²) in [7, 11) is 0. The first-order valence-corrected chi connectivity index (χ1v) is 6.09. The average molecular weight is 242 g/mol. The van der Waals surface area contributed by atoms with E-state index in [9.17, 15) is 0 Å². The molecular formula is C15H18N2O. The molecule has 18 heavy (non-hydrogen) atoms. The average Bonchev–Trinajstić information content (AvgIpc) is 2.46.